The number of primary amides is 1. The number of urea groups is 1. The standard InChI is InChI=1S/C27H30Cl2F2N4O2/c1-26(2,3)13-16-14-35(25(37)34-11-5-8-22(33)36)24(18-6-4-7-20(29)23(18)31)27(16,15-32)19-10-9-17(28)12-21(19)30/h4,6-7,9-10,12,16,24H,5,8,11,13-14H2,1-3H3,(H2,33,36)(H,34,37)/t16-,24-,27?/m1/s1. The quantitative estimate of drug-likeness (QED) is 0.406. The lowest BCUT2D eigenvalue weighted by Crippen LogP contribution is -2.44. The molecule has 198 valence electrons. The minimum atomic E-state index is -1.65. The Kier molecular flexibility index (Phi) is 8.71. The summed E-state index contributed by atoms with van der Waals surface area (Å²) in [7, 11) is 0. The molecule has 1 saturated heterocycles. The maximum Gasteiger partial charge on any atom is 0.317 e. The Morgan fingerprint density at radius 2 is 1.95 bits per heavy atom. The lowest BCUT2D eigenvalue weighted by Gasteiger charge is -2.38. The van der Waals surface area contributed by atoms with Gasteiger partial charge in [0, 0.05) is 41.6 Å². The molecule has 3 amide bonds. The van der Waals surface area contributed by atoms with E-state index in [9.17, 15) is 14.9 Å². The molecule has 10 heteroatoms. The van der Waals surface area contributed by atoms with Crippen LogP contribution in [-0.4, -0.2) is 29.9 Å². The van der Waals surface area contributed by atoms with Gasteiger partial charge in [-0.2, -0.15) is 5.26 Å². The number of hydrogen-bond donors (Lipinski definition) is 2. The Bertz CT molecular complexity index is 1230. The van der Waals surface area contributed by atoms with Crippen molar-refractivity contribution in [2.45, 2.75) is 51.5 Å². The van der Waals surface area contributed by atoms with E-state index in [1.807, 2.05) is 20.8 Å². The lowest BCUT2D eigenvalue weighted by atomic mass is 9.63. The number of benzene rings is 2. The molecule has 0 bridgehead atoms. The predicted molar refractivity (Wildman–Crippen MR) is 139 cm³/mol. The van der Waals surface area contributed by atoms with Gasteiger partial charge in [-0.3, -0.25) is 4.79 Å². The number of likely N-dealkylation sites (tertiary alicyclic amines) is 1. The van der Waals surface area contributed by atoms with Gasteiger partial charge in [-0.05, 0) is 36.5 Å². The molecule has 2 aromatic carbocycles. The third-order valence-corrected chi connectivity index (χ3v) is 7.16. The minimum Gasteiger partial charge on any atom is -0.370 e. The Morgan fingerprint density at radius 3 is 2.54 bits per heavy atom. The molecule has 3 rings (SSSR count). The summed E-state index contributed by atoms with van der Waals surface area (Å²) < 4.78 is 31.1. The zero-order valence-corrected chi connectivity index (χ0v) is 22.5. The van der Waals surface area contributed by atoms with Crippen LogP contribution in [0.15, 0.2) is 36.4 Å². The fourth-order valence-corrected chi connectivity index (χ4v) is 5.57. The van der Waals surface area contributed by atoms with Crippen LogP contribution in [0.25, 0.3) is 0 Å². The van der Waals surface area contributed by atoms with Gasteiger partial charge >= 0.3 is 6.03 Å². The van der Waals surface area contributed by atoms with E-state index < -0.39 is 40.9 Å². The predicted octanol–water partition coefficient (Wildman–Crippen LogP) is 6.12. The summed E-state index contributed by atoms with van der Waals surface area (Å²) in [6.07, 6.45) is 0.829. The third-order valence-electron chi connectivity index (χ3n) is 6.64. The van der Waals surface area contributed by atoms with Crippen LogP contribution in [0.3, 0.4) is 0 Å². The minimum absolute atomic E-state index is 0.00657. The molecular formula is C27H30Cl2F2N4O2. The van der Waals surface area contributed by atoms with E-state index in [0.29, 0.717) is 12.8 Å². The average molecular weight is 551 g/mol. The van der Waals surface area contributed by atoms with Crippen LogP contribution in [0.5, 0.6) is 0 Å². The molecular weight excluding hydrogens is 521 g/mol. The monoisotopic (exact) mass is 550 g/mol. The number of amides is 3. The van der Waals surface area contributed by atoms with Gasteiger partial charge in [0.15, 0.2) is 0 Å². The number of carbonyl (C=O) groups excluding carboxylic acids is 2. The van der Waals surface area contributed by atoms with Crippen LogP contribution in [0.1, 0.15) is 57.2 Å². The van der Waals surface area contributed by atoms with E-state index in [0.717, 1.165) is 6.07 Å². The number of carbonyl (C=O) groups is 2. The first-order valence-corrected chi connectivity index (χ1v) is 12.7. The highest BCUT2D eigenvalue weighted by molar-refractivity contribution is 6.31. The molecule has 37 heavy (non-hydrogen) atoms. The van der Waals surface area contributed by atoms with Crippen LogP contribution < -0.4 is 11.1 Å². The van der Waals surface area contributed by atoms with Crippen molar-refractivity contribution in [3.05, 3.63) is 69.2 Å². The molecule has 1 aliphatic heterocycles. The number of halogens is 4. The van der Waals surface area contributed by atoms with Crippen molar-refractivity contribution in [3.8, 4) is 6.07 Å². The maximum absolute atomic E-state index is 15.5. The zero-order chi connectivity index (χ0) is 27.5. The second-order valence-electron chi connectivity index (χ2n) is 10.6. The molecule has 0 saturated carbocycles. The first-order chi connectivity index (χ1) is 17.3. The van der Waals surface area contributed by atoms with Crippen molar-refractivity contribution in [2.24, 2.45) is 17.1 Å². The maximum atomic E-state index is 15.5. The normalized spacial score (nSPS) is 21.5. The van der Waals surface area contributed by atoms with Crippen LogP contribution >= 0.6 is 23.2 Å². The molecule has 2 aromatic rings. The van der Waals surface area contributed by atoms with Crippen LogP contribution in [0, 0.1) is 34.3 Å². The molecule has 3 atom stereocenters. The summed E-state index contributed by atoms with van der Waals surface area (Å²) in [5.74, 6) is -2.57. The molecule has 0 aliphatic carbocycles. The molecule has 1 heterocycles. The van der Waals surface area contributed by atoms with Crippen LogP contribution in [0.2, 0.25) is 10.0 Å². The smallest absolute Gasteiger partial charge is 0.317 e. The number of rotatable bonds is 7. The number of nitrogens with one attached hydrogen (secondary N) is 1. The highest BCUT2D eigenvalue weighted by Crippen LogP contribution is 2.56. The largest absolute Gasteiger partial charge is 0.370 e. The van der Waals surface area contributed by atoms with E-state index in [1.165, 1.54) is 35.2 Å². The van der Waals surface area contributed by atoms with E-state index in [-0.39, 0.29) is 46.1 Å². The molecule has 0 radical (unpaired) electrons. The number of nitriles is 1. The zero-order valence-electron chi connectivity index (χ0n) is 21.0. The first-order valence-electron chi connectivity index (χ1n) is 11.9. The molecule has 1 aliphatic rings. The molecule has 1 unspecified atom stereocenters. The average Bonchev–Trinajstić information content (AvgIpc) is 3.11. The second kappa shape index (κ2) is 11.2. The summed E-state index contributed by atoms with van der Waals surface area (Å²) in [6, 6.07) is 8.92. The number of nitrogens with zero attached hydrogens (tertiary/aromatic N) is 2. The highest BCUT2D eigenvalue weighted by atomic mass is 35.5. The number of hydrogen-bond acceptors (Lipinski definition) is 3. The highest BCUT2D eigenvalue weighted by Gasteiger charge is 2.60. The van der Waals surface area contributed by atoms with Gasteiger partial charge in [0.1, 0.15) is 17.0 Å². The molecule has 6 nitrogen and oxygen atoms in total. The van der Waals surface area contributed by atoms with Crippen molar-refractivity contribution in [3.63, 3.8) is 0 Å². The van der Waals surface area contributed by atoms with Crippen LogP contribution in [0.4, 0.5) is 13.6 Å². The van der Waals surface area contributed by atoms with E-state index >= 15 is 8.78 Å². The lowest BCUT2D eigenvalue weighted by molar-refractivity contribution is -0.118. The van der Waals surface area contributed by atoms with Gasteiger partial charge in [0.05, 0.1) is 17.1 Å². The van der Waals surface area contributed by atoms with Gasteiger partial charge in [-0.25, -0.2) is 13.6 Å². The van der Waals surface area contributed by atoms with Gasteiger partial charge < -0.3 is 16.0 Å². The fourth-order valence-electron chi connectivity index (χ4n) is 5.23. The van der Waals surface area contributed by atoms with Crippen molar-refractivity contribution in [1.82, 2.24) is 10.2 Å². The summed E-state index contributed by atoms with van der Waals surface area (Å²) in [5, 5.41) is 13.5. The summed E-state index contributed by atoms with van der Waals surface area (Å²) in [6.45, 7) is 6.14. The molecule has 3 N–H and O–H groups in total. The number of nitrogens with two attached hydrogens (primary N) is 1. The second-order valence-corrected chi connectivity index (χ2v) is 11.4. The van der Waals surface area contributed by atoms with Gasteiger partial charge in [0.2, 0.25) is 5.91 Å². The summed E-state index contributed by atoms with van der Waals surface area (Å²) in [5.41, 5.74) is 3.26. The van der Waals surface area contributed by atoms with Gasteiger partial charge in [-0.15, -0.1) is 0 Å². The molecule has 0 aromatic heterocycles. The Hall–Kier alpha value is -2.89. The topological polar surface area (TPSA) is 99.2 Å². The summed E-state index contributed by atoms with van der Waals surface area (Å²) in [4.78, 5) is 25.9. The Labute approximate surface area is 225 Å². The van der Waals surface area contributed by atoms with Crippen molar-refractivity contribution in [1.29, 1.82) is 5.26 Å². The van der Waals surface area contributed by atoms with Crippen molar-refractivity contribution < 1.29 is 18.4 Å². The van der Waals surface area contributed by atoms with E-state index in [2.05, 4.69) is 11.4 Å². The first kappa shape index (κ1) is 28.7. The van der Waals surface area contributed by atoms with Crippen LogP contribution in [-0.2, 0) is 10.2 Å². The SMILES string of the molecule is CC(C)(C)C[C@@H]1CN(C(=O)NCCCC(N)=O)[C@H](c2cccc(Cl)c2F)C1(C#N)c1ccc(Cl)cc1F. The van der Waals surface area contributed by atoms with Crippen molar-refractivity contribution in [2.75, 3.05) is 13.1 Å². The van der Waals surface area contributed by atoms with E-state index in [1.54, 1.807) is 0 Å². The van der Waals surface area contributed by atoms with Gasteiger partial charge in [-0.1, -0.05) is 62.2 Å². The molecule has 1 fully saturated rings. The fraction of sp³-hybridized carbons (Fsp3) is 0.444. The Balaban J connectivity index is 2.23. The molecule has 0 spiro atoms. The van der Waals surface area contributed by atoms with Gasteiger partial charge in [0.25, 0.3) is 0 Å². The van der Waals surface area contributed by atoms with Crippen molar-refractivity contribution >= 4 is 35.1 Å². The third kappa shape index (κ3) is 6.00. The summed E-state index contributed by atoms with van der Waals surface area (Å²) >= 11 is 12.1. The van der Waals surface area contributed by atoms with E-state index in [4.69, 9.17) is 28.9 Å². The Morgan fingerprint density at radius 1 is 1.24 bits per heavy atom.